The first-order valence-electron chi connectivity index (χ1n) is 7.86. The Balaban J connectivity index is 1.74. The van der Waals surface area contributed by atoms with Gasteiger partial charge in [-0.3, -0.25) is 4.90 Å². The number of hydrogen-bond donors (Lipinski definition) is 1. The molecule has 0 bridgehead atoms. The number of ether oxygens (including phenoxy) is 1. The van der Waals surface area contributed by atoms with E-state index in [-0.39, 0.29) is 23.5 Å². The number of hydrogen-bond acceptors (Lipinski definition) is 3. The molecule has 0 aromatic rings. The molecule has 1 saturated heterocycles. The summed E-state index contributed by atoms with van der Waals surface area (Å²) in [5.41, 5.74) is 5.79. The van der Waals surface area contributed by atoms with Gasteiger partial charge in [0.1, 0.15) is 0 Å². The summed E-state index contributed by atoms with van der Waals surface area (Å²) in [5.74, 6) is 0.190. The molecule has 122 valence electrons. The van der Waals surface area contributed by atoms with Crippen LogP contribution < -0.4 is 5.73 Å². The molecule has 3 unspecified atom stereocenters. The smallest absolute Gasteiger partial charge is 0.377 e. The first-order chi connectivity index (χ1) is 9.65. The van der Waals surface area contributed by atoms with Crippen LogP contribution in [0.2, 0.25) is 0 Å². The minimum atomic E-state index is -4.16. The fourth-order valence-corrected chi connectivity index (χ4v) is 4.31. The predicted octanol–water partition coefficient (Wildman–Crippen LogP) is 2.55. The molecule has 0 aromatic heterocycles. The molecule has 3 atom stereocenters. The van der Waals surface area contributed by atoms with Gasteiger partial charge in [-0.25, -0.2) is 0 Å². The molecular weight excluding hydrogens is 281 g/mol. The molecule has 1 aliphatic heterocycles. The van der Waals surface area contributed by atoms with Gasteiger partial charge in [0, 0.05) is 36.1 Å². The Labute approximate surface area is 124 Å². The summed E-state index contributed by atoms with van der Waals surface area (Å²) < 4.78 is 44.3. The minimum absolute atomic E-state index is 0.0615. The first-order valence-corrected chi connectivity index (χ1v) is 7.86. The van der Waals surface area contributed by atoms with Crippen molar-refractivity contribution in [1.29, 1.82) is 0 Å². The molecule has 0 spiro atoms. The summed E-state index contributed by atoms with van der Waals surface area (Å²) in [6.07, 6.45) is -0.416. The zero-order chi connectivity index (χ0) is 15.5. The minimum Gasteiger partial charge on any atom is -0.377 e. The number of nitrogens with zero attached hydrogens (tertiary/aromatic N) is 1. The van der Waals surface area contributed by atoms with E-state index < -0.39 is 18.3 Å². The van der Waals surface area contributed by atoms with Crippen molar-refractivity contribution in [2.75, 3.05) is 19.7 Å². The fourth-order valence-electron chi connectivity index (χ4n) is 4.31. The van der Waals surface area contributed by atoms with Crippen LogP contribution in [0.5, 0.6) is 0 Å². The third-order valence-electron chi connectivity index (χ3n) is 5.81. The van der Waals surface area contributed by atoms with Gasteiger partial charge in [0.25, 0.3) is 0 Å². The van der Waals surface area contributed by atoms with E-state index in [4.69, 9.17) is 10.5 Å². The molecule has 21 heavy (non-hydrogen) atoms. The monoisotopic (exact) mass is 306 g/mol. The molecule has 3 rings (SSSR count). The van der Waals surface area contributed by atoms with Crippen molar-refractivity contribution in [1.82, 2.24) is 4.90 Å². The van der Waals surface area contributed by atoms with Crippen LogP contribution in [0.1, 0.15) is 39.5 Å². The molecule has 6 heteroatoms. The summed E-state index contributed by atoms with van der Waals surface area (Å²) in [5, 5.41) is 0. The van der Waals surface area contributed by atoms with E-state index in [1.165, 1.54) is 0 Å². The number of alkyl halides is 3. The molecule has 0 aromatic carbocycles. The van der Waals surface area contributed by atoms with E-state index in [1.54, 1.807) is 4.90 Å². The Kier molecular flexibility index (Phi) is 3.58. The maximum Gasteiger partial charge on any atom is 0.401 e. The van der Waals surface area contributed by atoms with E-state index in [0.717, 1.165) is 32.3 Å². The SMILES string of the molecule is CC1(C)C2OCCCC2C1(N)CN(CC(F)(F)F)C1CC1. The van der Waals surface area contributed by atoms with Gasteiger partial charge < -0.3 is 10.5 Å². The third-order valence-corrected chi connectivity index (χ3v) is 5.81. The average Bonchev–Trinajstić information content (AvgIpc) is 3.20. The Hall–Kier alpha value is -0.330. The van der Waals surface area contributed by atoms with Gasteiger partial charge in [0.15, 0.2) is 0 Å². The number of rotatable bonds is 4. The van der Waals surface area contributed by atoms with Crippen molar-refractivity contribution >= 4 is 0 Å². The highest BCUT2D eigenvalue weighted by Crippen LogP contribution is 2.58. The highest BCUT2D eigenvalue weighted by Gasteiger charge is 2.67. The molecule has 0 amide bonds. The normalized spacial score (nSPS) is 39.0. The van der Waals surface area contributed by atoms with Gasteiger partial charge >= 0.3 is 6.18 Å². The van der Waals surface area contributed by atoms with Gasteiger partial charge in [0.2, 0.25) is 0 Å². The second-order valence-electron chi connectivity index (χ2n) is 7.55. The maximum atomic E-state index is 12.8. The van der Waals surface area contributed by atoms with Gasteiger partial charge in [-0.2, -0.15) is 13.2 Å². The van der Waals surface area contributed by atoms with Crippen LogP contribution in [0.3, 0.4) is 0 Å². The number of fused-ring (bicyclic) bond motifs is 1. The fraction of sp³-hybridized carbons (Fsp3) is 1.00. The lowest BCUT2D eigenvalue weighted by Gasteiger charge is -2.67. The van der Waals surface area contributed by atoms with E-state index in [0.29, 0.717) is 6.54 Å². The average molecular weight is 306 g/mol. The summed E-state index contributed by atoms with van der Waals surface area (Å²) >= 11 is 0. The van der Waals surface area contributed by atoms with E-state index in [2.05, 4.69) is 0 Å². The zero-order valence-corrected chi connectivity index (χ0v) is 12.7. The summed E-state index contributed by atoms with van der Waals surface area (Å²) in [6, 6.07) is 0.0615. The van der Waals surface area contributed by atoms with Gasteiger partial charge in [-0.1, -0.05) is 13.8 Å². The van der Waals surface area contributed by atoms with Crippen LogP contribution in [0.15, 0.2) is 0 Å². The Morgan fingerprint density at radius 2 is 1.90 bits per heavy atom. The van der Waals surface area contributed by atoms with E-state index in [9.17, 15) is 13.2 Å². The quantitative estimate of drug-likeness (QED) is 0.867. The topological polar surface area (TPSA) is 38.5 Å². The second kappa shape index (κ2) is 4.83. The van der Waals surface area contributed by atoms with Crippen LogP contribution in [0.25, 0.3) is 0 Å². The molecule has 2 N–H and O–H groups in total. The molecule has 1 heterocycles. The molecule has 2 saturated carbocycles. The van der Waals surface area contributed by atoms with Crippen molar-refractivity contribution in [3.63, 3.8) is 0 Å². The lowest BCUT2D eigenvalue weighted by Crippen LogP contribution is -2.80. The number of nitrogens with two attached hydrogens (primary N) is 1. The summed E-state index contributed by atoms with van der Waals surface area (Å²) in [7, 11) is 0. The van der Waals surface area contributed by atoms with Crippen molar-refractivity contribution in [3.8, 4) is 0 Å². The lowest BCUT2D eigenvalue weighted by atomic mass is 9.46. The first kappa shape index (κ1) is 15.6. The highest BCUT2D eigenvalue weighted by molar-refractivity contribution is 5.21. The second-order valence-corrected chi connectivity index (χ2v) is 7.55. The number of halogens is 3. The van der Waals surface area contributed by atoms with Gasteiger partial charge in [-0.15, -0.1) is 0 Å². The van der Waals surface area contributed by atoms with E-state index >= 15 is 0 Å². The molecule has 3 aliphatic rings. The summed E-state index contributed by atoms with van der Waals surface area (Å²) in [6.45, 7) is 4.31. The van der Waals surface area contributed by atoms with Crippen LogP contribution >= 0.6 is 0 Å². The van der Waals surface area contributed by atoms with Crippen molar-refractivity contribution < 1.29 is 17.9 Å². The molecule has 3 nitrogen and oxygen atoms in total. The maximum absolute atomic E-state index is 12.8. The van der Waals surface area contributed by atoms with Crippen molar-refractivity contribution in [2.45, 2.75) is 63.4 Å². The molecule has 0 radical (unpaired) electrons. The predicted molar refractivity (Wildman–Crippen MR) is 73.8 cm³/mol. The van der Waals surface area contributed by atoms with Crippen molar-refractivity contribution in [2.24, 2.45) is 17.1 Å². The van der Waals surface area contributed by atoms with Crippen molar-refractivity contribution in [3.05, 3.63) is 0 Å². The van der Waals surface area contributed by atoms with Crippen LogP contribution in [-0.4, -0.2) is 48.5 Å². The zero-order valence-electron chi connectivity index (χ0n) is 12.7. The van der Waals surface area contributed by atoms with Gasteiger partial charge in [-0.05, 0) is 25.7 Å². The Morgan fingerprint density at radius 1 is 1.24 bits per heavy atom. The van der Waals surface area contributed by atoms with Crippen LogP contribution in [0, 0.1) is 11.3 Å². The highest BCUT2D eigenvalue weighted by atomic mass is 19.4. The molecular formula is C15H25F3N2O. The Morgan fingerprint density at radius 3 is 2.48 bits per heavy atom. The largest absolute Gasteiger partial charge is 0.401 e. The third kappa shape index (κ3) is 2.59. The standard InChI is InChI=1S/C15H25F3N2O/c1-13(2)12-11(4-3-7-21-12)14(13,19)8-20(10-5-6-10)9-15(16,17)18/h10-12H,3-9,19H2,1-2H3. The van der Waals surface area contributed by atoms with Crippen LogP contribution in [-0.2, 0) is 4.74 Å². The van der Waals surface area contributed by atoms with Crippen LogP contribution in [0.4, 0.5) is 13.2 Å². The van der Waals surface area contributed by atoms with E-state index in [1.807, 2.05) is 13.8 Å². The molecule has 3 fully saturated rings. The Bertz CT molecular complexity index is 408. The lowest BCUT2D eigenvalue weighted by molar-refractivity contribution is -0.237. The molecule has 2 aliphatic carbocycles. The summed E-state index contributed by atoms with van der Waals surface area (Å²) in [4.78, 5) is 1.56. The van der Waals surface area contributed by atoms with Gasteiger partial charge in [0.05, 0.1) is 12.6 Å².